The van der Waals surface area contributed by atoms with Crippen LogP contribution in [0.3, 0.4) is 0 Å². The van der Waals surface area contributed by atoms with Crippen molar-refractivity contribution in [2.75, 3.05) is 0 Å². The van der Waals surface area contributed by atoms with Crippen LogP contribution >= 0.6 is 0 Å². The predicted molar refractivity (Wildman–Crippen MR) is 58.1 cm³/mol. The molecule has 0 rings (SSSR count). The van der Waals surface area contributed by atoms with Crippen LogP contribution in [0, 0.1) is 11.8 Å². The number of aliphatic carboxylic acids is 1. The molecule has 3 N–H and O–H groups in total. The van der Waals surface area contributed by atoms with Crippen LogP contribution in [0.4, 0.5) is 0 Å². The Kier molecular flexibility index (Phi) is 6.54. The van der Waals surface area contributed by atoms with Crippen LogP contribution in [0.25, 0.3) is 0 Å². The minimum Gasteiger partial charge on any atom is -0.481 e. The molecule has 84 valence electrons. The highest BCUT2D eigenvalue weighted by Crippen LogP contribution is 2.21. The molecule has 3 heteroatoms. The monoisotopic (exact) mass is 201 g/mol. The van der Waals surface area contributed by atoms with Crippen molar-refractivity contribution in [2.24, 2.45) is 17.6 Å². The Hall–Kier alpha value is -0.570. The summed E-state index contributed by atoms with van der Waals surface area (Å²) in [6.45, 7) is 6.37. The van der Waals surface area contributed by atoms with Crippen molar-refractivity contribution in [2.45, 2.75) is 52.5 Å². The van der Waals surface area contributed by atoms with Gasteiger partial charge in [-0.05, 0) is 11.8 Å². The molecule has 0 aromatic heterocycles. The summed E-state index contributed by atoms with van der Waals surface area (Å²) in [5, 5.41) is 8.61. The van der Waals surface area contributed by atoms with E-state index >= 15 is 0 Å². The van der Waals surface area contributed by atoms with E-state index in [-0.39, 0.29) is 18.4 Å². The Balaban J connectivity index is 3.89. The lowest BCUT2D eigenvalue weighted by molar-refractivity contribution is -0.137. The number of carboxylic acids is 1. The topological polar surface area (TPSA) is 63.3 Å². The third-order valence-electron chi connectivity index (χ3n) is 3.00. The van der Waals surface area contributed by atoms with Gasteiger partial charge in [-0.25, -0.2) is 0 Å². The van der Waals surface area contributed by atoms with Gasteiger partial charge in [0.2, 0.25) is 0 Å². The van der Waals surface area contributed by atoms with Crippen molar-refractivity contribution in [3.8, 4) is 0 Å². The Bertz CT molecular complexity index is 171. The summed E-state index contributed by atoms with van der Waals surface area (Å²) in [4.78, 5) is 10.5. The van der Waals surface area contributed by atoms with Crippen molar-refractivity contribution in [3.05, 3.63) is 0 Å². The maximum Gasteiger partial charge on any atom is 0.304 e. The van der Waals surface area contributed by atoms with Gasteiger partial charge < -0.3 is 10.8 Å². The van der Waals surface area contributed by atoms with Crippen LogP contribution in [-0.4, -0.2) is 17.1 Å². The van der Waals surface area contributed by atoms with E-state index in [1.807, 2.05) is 6.92 Å². The Morgan fingerprint density at radius 2 is 2.00 bits per heavy atom. The van der Waals surface area contributed by atoms with Gasteiger partial charge in [0.25, 0.3) is 0 Å². The number of hydrogen-bond donors (Lipinski definition) is 2. The lowest BCUT2D eigenvalue weighted by Gasteiger charge is -2.24. The average molecular weight is 201 g/mol. The Morgan fingerprint density at radius 1 is 1.43 bits per heavy atom. The Morgan fingerprint density at radius 3 is 2.43 bits per heavy atom. The molecule has 0 aliphatic carbocycles. The highest BCUT2D eigenvalue weighted by Gasteiger charge is 2.21. The largest absolute Gasteiger partial charge is 0.481 e. The minimum atomic E-state index is -0.799. The molecule has 0 saturated carbocycles. The third-order valence-corrected chi connectivity index (χ3v) is 3.00. The van der Waals surface area contributed by atoms with Crippen LogP contribution in [0.15, 0.2) is 0 Å². The standard InChI is InChI=1S/C11H23NO2/c1-4-5-6-8(2)9(3)10(12)7-11(13)14/h8-10H,4-7,12H2,1-3H3,(H,13,14)/t8-,9-,10+/m1/s1. The van der Waals surface area contributed by atoms with Crippen molar-refractivity contribution >= 4 is 5.97 Å². The number of unbranched alkanes of at least 4 members (excludes halogenated alkanes) is 1. The molecular formula is C11H23NO2. The molecule has 0 saturated heterocycles. The summed E-state index contributed by atoms with van der Waals surface area (Å²) < 4.78 is 0. The number of hydrogen-bond acceptors (Lipinski definition) is 2. The van der Waals surface area contributed by atoms with Gasteiger partial charge in [-0.15, -0.1) is 0 Å². The minimum absolute atomic E-state index is 0.0810. The lowest BCUT2D eigenvalue weighted by Crippen LogP contribution is -2.34. The summed E-state index contributed by atoms with van der Waals surface area (Å²) in [5.74, 6) is 0.00833. The summed E-state index contributed by atoms with van der Waals surface area (Å²) in [7, 11) is 0. The number of carbonyl (C=O) groups is 1. The summed E-state index contributed by atoms with van der Waals surface area (Å²) in [6.07, 6.45) is 3.61. The molecule has 0 aliphatic rings. The van der Waals surface area contributed by atoms with E-state index < -0.39 is 5.97 Å². The number of carboxylic acid groups (broad SMARTS) is 1. The summed E-state index contributed by atoms with van der Waals surface area (Å²) in [5.41, 5.74) is 5.81. The van der Waals surface area contributed by atoms with Crippen LogP contribution < -0.4 is 5.73 Å². The highest BCUT2D eigenvalue weighted by molar-refractivity contribution is 5.67. The van der Waals surface area contributed by atoms with Gasteiger partial charge in [-0.3, -0.25) is 4.79 Å². The molecule has 0 aromatic carbocycles. The van der Waals surface area contributed by atoms with Crippen molar-refractivity contribution < 1.29 is 9.90 Å². The molecule has 0 aliphatic heterocycles. The first-order valence-corrected chi connectivity index (χ1v) is 5.46. The zero-order valence-electron chi connectivity index (χ0n) is 9.49. The number of nitrogens with two attached hydrogens (primary N) is 1. The lowest BCUT2D eigenvalue weighted by atomic mass is 9.84. The maximum atomic E-state index is 10.5. The van der Waals surface area contributed by atoms with E-state index in [2.05, 4.69) is 13.8 Å². The first-order chi connectivity index (χ1) is 6.49. The second-order valence-electron chi connectivity index (χ2n) is 4.24. The van der Waals surface area contributed by atoms with Gasteiger partial charge in [0, 0.05) is 6.04 Å². The molecule has 3 nitrogen and oxygen atoms in total. The number of rotatable bonds is 7. The summed E-state index contributed by atoms with van der Waals surface area (Å²) in [6, 6.07) is -0.209. The third kappa shape index (κ3) is 5.22. The molecule has 0 amide bonds. The normalized spacial score (nSPS) is 17.4. The summed E-state index contributed by atoms with van der Waals surface area (Å²) >= 11 is 0. The second kappa shape index (κ2) is 6.82. The molecule has 14 heavy (non-hydrogen) atoms. The molecule has 0 fully saturated rings. The predicted octanol–water partition coefficient (Wildman–Crippen LogP) is 2.25. The van der Waals surface area contributed by atoms with Gasteiger partial charge in [-0.2, -0.15) is 0 Å². The fraction of sp³-hybridized carbons (Fsp3) is 0.909. The van der Waals surface area contributed by atoms with Gasteiger partial charge >= 0.3 is 5.97 Å². The smallest absolute Gasteiger partial charge is 0.304 e. The van der Waals surface area contributed by atoms with Crippen LogP contribution in [-0.2, 0) is 4.79 Å². The zero-order chi connectivity index (χ0) is 11.1. The van der Waals surface area contributed by atoms with Gasteiger partial charge in [0.15, 0.2) is 0 Å². The van der Waals surface area contributed by atoms with Gasteiger partial charge in [-0.1, -0.05) is 40.0 Å². The van der Waals surface area contributed by atoms with Crippen LogP contribution in [0.5, 0.6) is 0 Å². The fourth-order valence-electron chi connectivity index (χ4n) is 1.60. The fourth-order valence-corrected chi connectivity index (χ4v) is 1.60. The Labute approximate surface area is 86.7 Å². The molecule has 0 heterocycles. The van der Waals surface area contributed by atoms with Gasteiger partial charge in [0.1, 0.15) is 0 Å². The van der Waals surface area contributed by atoms with Crippen molar-refractivity contribution in [1.82, 2.24) is 0 Å². The average Bonchev–Trinajstić information content (AvgIpc) is 2.11. The van der Waals surface area contributed by atoms with E-state index in [1.165, 1.54) is 12.8 Å². The first kappa shape index (κ1) is 13.4. The molecule has 0 unspecified atom stereocenters. The zero-order valence-corrected chi connectivity index (χ0v) is 9.49. The first-order valence-electron chi connectivity index (χ1n) is 5.46. The molecular weight excluding hydrogens is 178 g/mol. The molecule has 0 radical (unpaired) electrons. The second-order valence-corrected chi connectivity index (χ2v) is 4.24. The van der Waals surface area contributed by atoms with Gasteiger partial charge in [0.05, 0.1) is 6.42 Å². The van der Waals surface area contributed by atoms with Crippen molar-refractivity contribution in [3.63, 3.8) is 0 Å². The quantitative estimate of drug-likeness (QED) is 0.664. The van der Waals surface area contributed by atoms with E-state index in [0.717, 1.165) is 6.42 Å². The van der Waals surface area contributed by atoms with Crippen molar-refractivity contribution in [1.29, 1.82) is 0 Å². The maximum absolute atomic E-state index is 10.5. The van der Waals surface area contributed by atoms with E-state index in [1.54, 1.807) is 0 Å². The van der Waals surface area contributed by atoms with Crippen LogP contribution in [0.2, 0.25) is 0 Å². The molecule has 0 spiro atoms. The van der Waals surface area contributed by atoms with Crippen LogP contribution in [0.1, 0.15) is 46.5 Å². The van der Waals surface area contributed by atoms with E-state index in [9.17, 15) is 4.79 Å². The molecule has 0 bridgehead atoms. The molecule has 3 atom stereocenters. The highest BCUT2D eigenvalue weighted by atomic mass is 16.4. The van der Waals surface area contributed by atoms with E-state index in [0.29, 0.717) is 5.92 Å². The molecule has 0 aromatic rings. The van der Waals surface area contributed by atoms with E-state index in [4.69, 9.17) is 10.8 Å². The SMILES string of the molecule is CCCC[C@@H](C)[C@@H](C)[C@@H](N)CC(=O)O.